The Morgan fingerprint density at radius 3 is 2.82 bits per heavy atom. The first-order chi connectivity index (χ1) is 5.20. The van der Waals surface area contributed by atoms with Crippen LogP contribution < -0.4 is 5.32 Å². The second-order valence-corrected chi connectivity index (χ2v) is 2.39. The molecular weight excluding hydrogens is 146 g/mol. The molecule has 1 atom stereocenters. The van der Waals surface area contributed by atoms with E-state index in [2.05, 4.69) is 5.32 Å². The van der Waals surface area contributed by atoms with Crippen LogP contribution >= 0.6 is 0 Å². The number of aliphatic hydroxyl groups is 1. The summed E-state index contributed by atoms with van der Waals surface area (Å²) < 4.78 is 4.70. The number of amides is 1. The van der Waals surface area contributed by atoms with E-state index in [-0.39, 0.29) is 18.6 Å². The summed E-state index contributed by atoms with van der Waals surface area (Å²) in [7, 11) is 1.54. The predicted molar refractivity (Wildman–Crippen MR) is 41.2 cm³/mol. The molecule has 11 heavy (non-hydrogen) atoms. The number of carbonyl (C=O) groups excluding carboxylic acids is 1. The van der Waals surface area contributed by atoms with E-state index in [0.29, 0.717) is 13.0 Å². The summed E-state index contributed by atoms with van der Waals surface area (Å²) in [6.07, 6.45) is 0.348. The molecule has 0 aliphatic rings. The lowest BCUT2D eigenvalue weighted by Crippen LogP contribution is -2.35. The molecule has 0 bridgehead atoms. The molecule has 0 spiro atoms. The van der Waals surface area contributed by atoms with Crippen molar-refractivity contribution in [3.63, 3.8) is 0 Å². The standard InChI is InChI=1S/C7H15NO3/c1-6(5-9)8-7(10)3-4-11-2/h6,9H,3-5H2,1-2H3,(H,8,10)/t6-/m0/s1. The maximum absolute atomic E-state index is 10.9. The zero-order valence-electron chi connectivity index (χ0n) is 6.96. The van der Waals surface area contributed by atoms with Gasteiger partial charge in [-0.3, -0.25) is 4.79 Å². The summed E-state index contributed by atoms with van der Waals surface area (Å²) in [6.45, 7) is 2.13. The van der Waals surface area contributed by atoms with E-state index < -0.39 is 0 Å². The van der Waals surface area contributed by atoms with E-state index in [1.165, 1.54) is 0 Å². The lowest BCUT2D eigenvalue weighted by molar-refractivity contribution is -0.122. The molecule has 0 aliphatic heterocycles. The Morgan fingerprint density at radius 2 is 2.36 bits per heavy atom. The molecule has 0 fully saturated rings. The van der Waals surface area contributed by atoms with Crippen LogP contribution in [0.25, 0.3) is 0 Å². The third-order valence-corrected chi connectivity index (χ3v) is 1.21. The van der Waals surface area contributed by atoms with E-state index in [0.717, 1.165) is 0 Å². The lowest BCUT2D eigenvalue weighted by Gasteiger charge is -2.09. The van der Waals surface area contributed by atoms with Crippen LogP contribution in [0.5, 0.6) is 0 Å². The zero-order chi connectivity index (χ0) is 8.69. The van der Waals surface area contributed by atoms with Gasteiger partial charge in [-0.25, -0.2) is 0 Å². The number of hydrogen-bond donors (Lipinski definition) is 2. The zero-order valence-corrected chi connectivity index (χ0v) is 6.96. The SMILES string of the molecule is COCCC(=O)N[C@@H](C)CO. The van der Waals surface area contributed by atoms with Gasteiger partial charge in [-0.05, 0) is 6.92 Å². The molecule has 0 aliphatic carbocycles. The summed E-state index contributed by atoms with van der Waals surface area (Å²) in [6, 6.07) is -0.167. The Balaban J connectivity index is 3.36. The van der Waals surface area contributed by atoms with Crippen molar-refractivity contribution in [1.82, 2.24) is 5.32 Å². The van der Waals surface area contributed by atoms with E-state index in [9.17, 15) is 4.79 Å². The third-order valence-electron chi connectivity index (χ3n) is 1.21. The van der Waals surface area contributed by atoms with Crippen LogP contribution in [0.2, 0.25) is 0 Å². The van der Waals surface area contributed by atoms with Crippen molar-refractivity contribution in [2.24, 2.45) is 0 Å². The van der Waals surface area contributed by atoms with Crippen LogP contribution in [0.4, 0.5) is 0 Å². The largest absolute Gasteiger partial charge is 0.394 e. The monoisotopic (exact) mass is 161 g/mol. The number of ether oxygens (including phenoxy) is 1. The van der Waals surface area contributed by atoms with Gasteiger partial charge in [-0.15, -0.1) is 0 Å². The van der Waals surface area contributed by atoms with Gasteiger partial charge in [0, 0.05) is 19.6 Å². The summed E-state index contributed by atoms with van der Waals surface area (Å²) in [5.41, 5.74) is 0. The van der Waals surface area contributed by atoms with Crippen molar-refractivity contribution in [2.45, 2.75) is 19.4 Å². The van der Waals surface area contributed by atoms with Gasteiger partial charge < -0.3 is 15.2 Å². The number of hydrogen-bond acceptors (Lipinski definition) is 3. The number of aliphatic hydroxyl groups excluding tert-OH is 1. The van der Waals surface area contributed by atoms with E-state index >= 15 is 0 Å². The fourth-order valence-corrected chi connectivity index (χ4v) is 0.587. The Bertz CT molecular complexity index is 116. The van der Waals surface area contributed by atoms with E-state index in [1.807, 2.05) is 0 Å². The molecule has 0 aromatic heterocycles. The highest BCUT2D eigenvalue weighted by Crippen LogP contribution is 1.84. The molecule has 66 valence electrons. The van der Waals surface area contributed by atoms with Crippen LogP contribution in [0.3, 0.4) is 0 Å². The quantitative estimate of drug-likeness (QED) is 0.572. The Morgan fingerprint density at radius 1 is 1.73 bits per heavy atom. The molecule has 0 rings (SSSR count). The molecule has 0 saturated carbocycles. The van der Waals surface area contributed by atoms with Crippen molar-refractivity contribution < 1.29 is 14.6 Å². The van der Waals surface area contributed by atoms with Crippen molar-refractivity contribution >= 4 is 5.91 Å². The van der Waals surface area contributed by atoms with Gasteiger partial charge in [0.1, 0.15) is 0 Å². The molecule has 0 radical (unpaired) electrons. The fourth-order valence-electron chi connectivity index (χ4n) is 0.587. The third kappa shape index (κ3) is 5.82. The van der Waals surface area contributed by atoms with Gasteiger partial charge in [0.05, 0.1) is 13.2 Å². The number of nitrogens with one attached hydrogen (secondary N) is 1. The Kier molecular flexibility index (Phi) is 5.78. The highest BCUT2D eigenvalue weighted by Gasteiger charge is 2.04. The van der Waals surface area contributed by atoms with Crippen LogP contribution in [0.15, 0.2) is 0 Å². The van der Waals surface area contributed by atoms with Crippen LogP contribution in [-0.2, 0) is 9.53 Å². The molecule has 0 aromatic carbocycles. The van der Waals surface area contributed by atoms with Gasteiger partial charge in [0.25, 0.3) is 0 Å². The summed E-state index contributed by atoms with van der Waals surface area (Å²) in [4.78, 5) is 10.9. The van der Waals surface area contributed by atoms with Gasteiger partial charge in [0.15, 0.2) is 0 Å². The molecule has 2 N–H and O–H groups in total. The first kappa shape index (κ1) is 10.4. The van der Waals surface area contributed by atoms with Crippen molar-refractivity contribution in [1.29, 1.82) is 0 Å². The maximum Gasteiger partial charge on any atom is 0.222 e. The molecule has 0 unspecified atom stereocenters. The van der Waals surface area contributed by atoms with Gasteiger partial charge in [0.2, 0.25) is 5.91 Å². The minimum absolute atomic E-state index is 0.0290. The molecular formula is C7H15NO3. The molecule has 1 amide bonds. The normalized spacial score (nSPS) is 12.6. The number of methoxy groups -OCH3 is 1. The van der Waals surface area contributed by atoms with Crippen molar-refractivity contribution in [3.05, 3.63) is 0 Å². The second-order valence-electron chi connectivity index (χ2n) is 2.39. The average molecular weight is 161 g/mol. The average Bonchev–Trinajstić information content (AvgIpc) is 2.00. The smallest absolute Gasteiger partial charge is 0.222 e. The van der Waals surface area contributed by atoms with Crippen LogP contribution in [0, 0.1) is 0 Å². The van der Waals surface area contributed by atoms with Gasteiger partial charge >= 0.3 is 0 Å². The van der Waals surface area contributed by atoms with Gasteiger partial charge in [-0.2, -0.15) is 0 Å². The molecule has 0 heterocycles. The first-order valence-electron chi connectivity index (χ1n) is 3.60. The van der Waals surface area contributed by atoms with Crippen molar-refractivity contribution in [2.75, 3.05) is 20.3 Å². The van der Waals surface area contributed by atoms with Crippen LogP contribution in [0.1, 0.15) is 13.3 Å². The molecule has 4 nitrogen and oxygen atoms in total. The Hall–Kier alpha value is -0.610. The minimum atomic E-state index is -0.167. The number of carbonyl (C=O) groups is 1. The highest BCUT2D eigenvalue weighted by molar-refractivity contribution is 5.76. The number of rotatable bonds is 5. The Labute approximate surface area is 66.5 Å². The first-order valence-corrected chi connectivity index (χ1v) is 3.60. The second kappa shape index (κ2) is 6.12. The summed E-state index contributed by atoms with van der Waals surface area (Å²) >= 11 is 0. The molecule has 4 heteroatoms. The molecule has 0 saturated heterocycles. The van der Waals surface area contributed by atoms with E-state index in [4.69, 9.17) is 9.84 Å². The molecule has 0 aromatic rings. The topological polar surface area (TPSA) is 58.6 Å². The minimum Gasteiger partial charge on any atom is -0.394 e. The maximum atomic E-state index is 10.9. The summed E-state index contributed by atoms with van der Waals surface area (Å²) in [5.74, 6) is -0.0894. The predicted octanol–water partition coefficient (Wildman–Crippen LogP) is -0.480. The van der Waals surface area contributed by atoms with E-state index in [1.54, 1.807) is 14.0 Å². The fraction of sp³-hybridized carbons (Fsp3) is 0.857. The highest BCUT2D eigenvalue weighted by atomic mass is 16.5. The van der Waals surface area contributed by atoms with Gasteiger partial charge in [-0.1, -0.05) is 0 Å². The lowest BCUT2D eigenvalue weighted by atomic mass is 10.3. The summed E-state index contributed by atoms with van der Waals surface area (Å²) in [5, 5.41) is 11.2. The van der Waals surface area contributed by atoms with Crippen LogP contribution in [-0.4, -0.2) is 37.4 Å². The van der Waals surface area contributed by atoms with Crippen molar-refractivity contribution in [3.8, 4) is 0 Å².